The van der Waals surface area contributed by atoms with Crippen molar-refractivity contribution in [2.45, 2.75) is 13.1 Å². The summed E-state index contributed by atoms with van der Waals surface area (Å²) in [6.45, 7) is 0.654. The molecule has 2 amide bonds. The molecular weight excluding hydrogens is 354 g/mol. The molecule has 0 aliphatic rings. The third-order valence-corrected chi connectivity index (χ3v) is 3.73. The first-order valence-electron chi connectivity index (χ1n) is 8.11. The van der Waals surface area contributed by atoms with Gasteiger partial charge >= 0.3 is 11.8 Å². The first-order chi connectivity index (χ1) is 13.0. The van der Waals surface area contributed by atoms with E-state index < -0.39 is 29.1 Å². The van der Waals surface area contributed by atoms with E-state index in [4.69, 9.17) is 0 Å². The van der Waals surface area contributed by atoms with E-state index in [0.717, 1.165) is 17.7 Å². The molecule has 27 heavy (non-hydrogen) atoms. The molecule has 0 aliphatic heterocycles. The van der Waals surface area contributed by atoms with Crippen LogP contribution in [0.3, 0.4) is 0 Å². The maximum Gasteiger partial charge on any atom is 0.313 e. The molecule has 0 aliphatic carbocycles. The molecule has 2 N–H and O–H groups in total. The van der Waals surface area contributed by atoms with E-state index in [1.54, 1.807) is 17.1 Å². The van der Waals surface area contributed by atoms with Crippen LogP contribution in [0.2, 0.25) is 0 Å². The van der Waals surface area contributed by atoms with Crippen LogP contribution >= 0.6 is 0 Å². The number of amides is 2. The number of nitrogens with zero attached hydrogens (tertiary/aromatic N) is 2. The van der Waals surface area contributed by atoms with Gasteiger partial charge in [-0.1, -0.05) is 36.4 Å². The molecule has 0 saturated heterocycles. The summed E-state index contributed by atoms with van der Waals surface area (Å²) in [4.78, 5) is 23.7. The average Bonchev–Trinajstić information content (AvgIpc) is 3.11. The molecule has 3 aromatic rings. The van der Waals surface area contributed by atoms with E-state index in [0.29, 0.717) is 12.1 Å². The van der Waals surface area contributed by atoms with Gasteiger partial charge in [0.2, 0.25) is 0 Å². The molecule has 0 saturated carbocycles. The fraction of sp³-hybridized carbons (Fsp3) is 0.105. The van der Waals surface area contributed by atoms with Gasteiger partial charge in [0.25, 0.3) is 0 Å². The first-order valence-corrected chi connectivity index (χ1v) is 8.11. The van der Waals surface area contributed by atoms with E-state index in [2.05, 4.69) is 10.4 Å². The Hall–Kier alpha value is -3.55. The van der Waals surface area contributed by atoms with E-state index >= 15 is 0 Å². The van der Waals surface area contributed by atoms with Crippen LogP contribution in [0.15, 0.2) is 60.9 Å². The Morgan fingerprint density at radius 1 is 0.963 bits per heavy atom. The number of aromatic nitrogens is 2. The van der Waals surface area contributed by atoms with Crippen molar-refractivity contribution < 1.29 is 18.4 Å². The third-order valence-electron chi connectivity index (χ3n) is 3.73. The summed E-state index contributed by atoms with van der Waals surface area (Å²) >= 11 is 0. The van der Waals surface area contributed by atoms with E-state index in [1.807, 2.05) is 35.6 Å². The summed E-state index contributed by atoms with van der Waals surface area (Å²) in [6, 6.07) is 13.0. The van der Waals surface area contributed by atoms with Crippen LogP contribution in [-0.2, 0) is 22.7 Å². The molecule has 0 unspecified atom stereocenters. The summed E-state index contributed by atoms with van der Waals surface area (Å²) in [5.41, 5.74) is 1.38. The number of nitrogens with one attached hydrogen (secondary N) is 2. The van der Waals surface area contributed by atoms with E-state index in [9.17, 15) is 18.4 Å². The maximum atomic E-state index is 13.5. The van der Waals surface area contributed by atoms with Crippen molar-refractivity contribution in [3.63, 3.8) is 0 Å². The molecule has 2 aromatic carbocycles. The third kappa shape index (κ3) is 4.75. The normalized spacial score (nSPS) is 10.4. The van der Waals surface area contributed by atoms with Crippen molar-refractivity contribution >= 4 is 17.5 Å². The van der Waals surface area contributed by atoms with Crippen molar-refractivity contribution in [1.29, 1.82) is 0 Å². The summed E-state index contributed by atoms with van der Waals surface area (Å²) in [6.07, 6.45) is 3.32. The predicted molar refractivity (Wildman–Crippen MR) is 94.6 cm³/mol. The summed E-state index contributed by atoms with van der Waals surface area (Å²) < 4.78 is 28.4. The fourth-order valence-corrected chi connectivity index (χ4v) is 2.40. The van der Waals surface area contributed by atoms with Gasteiger partial charge in [-0.2, -0.15) is 5.10 Å². The second-order valence-electron chi connectivity index (χ2n) is 5.77. The lowest BCUT2D eigenvalue weighted by Gasteiger charge is -2.07. The van der Waals surface area contributed by atoms with Gasteiger partial charge in [0.1, 0.15) is 0 Å². The summed E-state index contributed by atoms with van der Waals surface area (Å²) in [5, 5.41) is 8.64. The molecule has 0 atom stereocenters. The van der Waals surface area contributed by atoms with Gasteiger partial charge in [-0.05, 0) is 17.7 Å². The van der Waals surface area contributed by atoms with Crippen molar-refractivity contribution in [2.75, 3.05) is 5.32 Å². The molecule has 0 spiro atoms. The van der Waals surface area contributed by atoms with Crippen molar-refractivity contribution in [2.24, 2.45) is 0 Å². The molecule has 6 nitrogen and oxygen atoms in total. The molecular formula is C19H16F2N4O2. The number of benzene rings is 2. The topological polar surface area (TPSA) is 76.0 Å². The molecule has 0 fully saturated rings. The van der Waals surface area contributed by atoms with Crippen LogP contribution in [0.4, 0.5) is 14.5 Å². The van der Waals surface area contributed by atoms with Crippen LogP contribution in [0.1, 0.15) is 11.1 Å². The number of hydrogen-bond acceptors (Lipinski definition) is 3. The van der Waals surface area contributed by atoms with Crippen molar-refractivity contribution in [3.8, 4) is 0 Å². The molecule has 1 aromatic heterocycles. The van der Waals surface area contributed by atoms with Crippen LogP contribution < -0.4 is 10.6 Å². The van der Waals surface area contributed by atoms with Gasteiger partial charge in [0, 0.05) is 18.3 Å². The minimum absolute atomic E-state index is 0.0761. The second kappa shape index (κ2) is 8.22. The van der Waals surface area contributed by atoms with Gasteiger partial charge in [0.15, 0.2) is 11.6 Å². The lowest BCUT2D eigenvalue weighted by atomic mass is 10.2. The highest BCUT2D eigenvalue weighted by atomic mass is 19.2. The molecule has 3 rings (SSSR count). The Bertz CT molecular complexity index is 957. The molecule has 1 heterocycles. The first kappa shape index (κ1) is 18.2. The van der Waals surface area contributed by atoms with Gasteiger partial charge in [0.05, 0.1) is 18.4 Å². The minimum Gasteiger partial charge on any atom is -0.344 e. The maximum absolute atomic E-state index is 13.5. The van der Waals surface area contributed by atoms with Gasteiger partial charge in [-0.25, -0.2) is 8.78 Å². The van der Waals surface area contributed by atoms with Crippen molar-refractivity contribution in [1.82, 2.24) is 15.1 Å². The quantitative estimate of drug-likeness (QED) is 0.678. The Morgan fingerprint density at radius 3 is 2.52 bits per heavy atom. The smallest absolute Gasteiger partial charge is 0.313 e. The van der Waals surface area contributed by atoms with Crippen LogP contribution in [0.25, 0.3) is 0 Å². The Labute approximate surface area is 153 Å². The number of rotatable bonds is 5. The second-order valence-corrected chi connectivity index (χ2v) is 5.77. The lowest BCUT2D eigenvalue weighted by Crippen LogP contribution is -2.35. The highest BCUT2D eigenvalue weighted by molar-refractivity contribution is 6.39. The zero-order valence-electron chi connectivity index (χ0n) is 14.2. The molecule has 0 radical (unpaired) electrons. The Balaban J connectivity index is 1.53. The monoisotopic (exact) mass is 370 g/mol. The number of anilines is 1. The Morgan fingerprint density at radius 2 is 1.74 bits per heavy atom. The average molecular weight is 370 g/mol. The highest BCUT2D eigenvalue weighted by Crippen LogP contribution is 2.16. The van der Waals surface area contributed by atoms with Crippen molar-refractivity contribution in [3.05, 3.63) is 83.7 Å². The van der Waals surface area contributed by atoms with Crippen LogP contribution in [-0.4, -0.2) is 21.6 Å². The van der Waals surface area contributed by atoms with E-state index in [1.165, 1.54) is 6.07 Å². The number of halogens is 2. The summed E-state index contributed by atoms with van der Waals surface area (Å²) in [7, 11) is 0. The summed E-state index contributed by atoms with van der Waals surface area (Å²) in [5.74, 6) is -4.38. The van der Waals surface area contributed by atoms with Crippen LogP contribution in [0, 0.1) is 11.6 Å². The highest BCUT2D eigenvalue weighted by Gasteiger charge is 2.17. The van der Waals surface area contributed by atoms with Gasteiger partial charge in [-0.15, -0.1) is 0 Å². The number of carbonyl (C=O) groups is 2. The number of hydrogen-bond donors (Lipinski definition) is 2. The molecule has 138 valence electrons. The van der Waals surface area contributed by atoms with Crippen LogP contribution in [0.5, 0.6) is 0 Å². The predicted octanol–water partition coefficient (Wildman–Crippen LogP) is 2.46. The SMILES string of the molecule is O=C(NCc1cnn(Cc2ccccc2)c1)C(=O)Nc1cccc(F)c1F. The standard InChI is InChI=1S/C19H16F2N4O2/c20-15-7-4-8-16(17(15)21)24-19(27)18(26)22-9-14-10-23-25(12-14)11-13-5-2-1-3-6-13/h1-8,10,12H,9,11H2,(H,22,26)(H,24,27). The number of carbonyl (C=O) groups excluding carboxylic acids is 2. The Kier molecular flexibility index (Phi) is 5.55. The lowest BCUT2D eigenvalue weighted by molar-refractivity contribution is -0.136. The fourth-order valence-electron chi connectivity index (χ4n) is 2.40. The molecule has 0 bridgehead atoms. The zero-order valence-corrected chi connectivity index (χ0v) is 14.2. The van der Waals surface area contributed by atoms with E-state index in [-0.39, 0.29) is 6.54 Å². The van der Waals surface area contributed by atoms with Gasteiger partial charge in [-0.3, -0.25) is 14.3 Å². The zero-order chi connectivity index (χ0) is 19.2. The minimum atomic E-state index is -1.22. The molecule has 8 heteroatoms. The largest absolute Gasteiger partial charge is 0.344 e. The van der Waals surface area contributed by atoms with Gasteiger partial charge < -0.3 is 10.6 Å².